The van der Waals surface area contributed by atoms with Crippen molar-refractivity contribution < 1.29 is 0 Å². The maximum absolute atomic E-state index is 3.78. The van der Waals surface area contributed by atoms with E-state index in [4.69, 9.17) is 0 Å². The highest BCUT2D eigenvalue weighted by Crippen LogP contribution is 2.45. The molecule has 0 saturated heterocycles. The second-order valence-corrected chi connectivity index (χ2v) is 7.47. The summed E-state index contributed by atoms with van der Waals surface area (Å²) in [6.45, 7) is 7.55. The first-order valence-corrected chi connectivity index (χ1v) is 8.88. The lowest BCUT2D eigenvalue weighted by molar-refractivity contribution is 0.420. The molecule has 0 N–H and O–H groups in total. The van der Waals surface area contributed by atoms with Crippen LogP contribution in [0.25, 0.3) is 0 Å². The topological polar surface area (TPSA) is 0 Å². The Bertz CT molecular complexity index is 427. The second kappa shape index (κ2) is 6.81. The van der Waals surface area contributed by atoms with Gasteiger partial charge < -0.3 is 0 Å². The molecule has 0 radical (unpaired) electrons. The van der Waals surface area contributed by atoms with Crippen LogP contribution in [0.4, 0.5) is 0 Å². The lowest BCUT2D eigenvalue weighted by Crippen LogP contribution is -2.05. The molecule has 0 amide bonds. The van der Waals surface area contributed by atoms with Crippen LogP contribution in [0.3, 0.4) is 0 Å². The Balaban J connectivity index is 0.000000126. The zero-order chi connectivity index (χ0) is 14.7. The first-order chi connectivity index (χ1) is 10.3. The molecule has 2 fully saturated rings. The third-order valence-electron chi connectivity index (χ3n) is 6.04. The van der Waals surface area contributed by atoms with E-state index in [0.29, 0.717) is 0 Å². The van der Waals surface area contributed by atoms with Crippen molar-refractivity contribution in [1.29, 1.82) is 0 Å². The average molecular weight is 282 g/mol. The minimum absolute atomic E-state index is 0.906. The Labute approximate surface area is 130 Å². The minimum atomic E-state index is 0.906. The van der Waals surface area contributed by atoms with Gasteiger partial charge in [0.15, 0.2) is 0 Å². The summed E-state index contributed by atoms with van der Waals surface area (Å²) in [6.07, 6.45) is 23.3. The molecule has 4 bridgehead atoms. The van der Waals surface area contributed by atoms with Crippen LogP contribution < -0.4 is 0 Å². The summed E-state index contributed by atoms with van der Waals surface area (Å²) in [4.78, 5) is 0. The van der Waals surface area contributed by atoms with Gasteiger partial charge in [-0.1, -0.05) is 36.5 Å². The van der Waals surface area contributed by atoms with Gasteiger partial charge in [0, 0.05) is 0 Å². The lowest BCUT2D eigenvalue weighted by atomic mass is 9.89. The molecule has 0 heterocycles. The Hall–Kier alpha value is -1.04. The van der Waals surface area contributed by atoms with Crippen molar-refractivity contribution in [2.75, 3.05) is 0 Å². The van der Waals surface area contributed by atoms with Crippen LogP contribution in [0.15, 0.2) is 49.6 Å². The van der Waals surface area contributed by atoms with Crippen molar-refractivity contribution in [2.24, 2.45) is 35.5 Å². The summed E-state index contributed by atoms with van der Waals surface area (Å²) in [6, 6.07) is 0. The lowest BCUT2D eigenvalue weighted by Gasteiger charge is -2.16. The molecule has 4 aliphatic carbocycles. The highest BCUT2D eigenvalue weighted by Gasteiger charge is 2.35. The van der Waals surface area contributed by atoms with Gasteiger partial charge in [-0.25, -0.2) is 0 Å². The molecule has 0 aliphatic heterocycles. The molecule has 2 saturated carbocycles. The van der Waals surface area contributed by atoms with Crippen molar-refractivity contribution >= 4 is 0 Å². The summed E-state index contributed by atoms with van der Waals surface area (Å²) in [5.74, 6) is 5.63. The Morgan fingerprint density at radius 1 is 0.762 bits per heavy atom. The number of hydrogen-bond donors (Lipinski definition) is 0. The van der Waals surface area contributed by atoms with Gasteiger partial charge in [0.25, 0.3) is 0 Å². The molecule has 0 aromatic carbocycles. The number of allylic oxidation sites excluding steroid dienone is 6. The monoisotopic (exact) mass is 282 g/mol. The quantitative estimate of drug-likeness (QED) is 0.547. The summed E-state index contributed by atoms with van der Waals surface area (Å²) in [5, 5.41) is 0. The number of fused-ring (bicyclic) bond motifs is 4. The molecule has 4 aliphatic rings. The fourth-order valence-electron chi connectivity index (χ4n) is 4.94. The standard InChI is InChI=1S/C11H16.C10H14/c1-2-3-4-10-7-9-5-6-11(10)8-9;1-2-3-9-6-8-4-5-10(9)7-8/h2,5-6,9-11H,1,3-4,7-8H2;2,4-5,8-10H,1,3,6-7H2. The average Bonchev–Trinajstić information content (AvgIpc) is 3.26. The van der Waals surface area contributed by atoms with Gasteiger partial charge in [0.2, 0.25) is 0 Å². The smallest absolute Gasteiger partial charge is 0.0196 e. The van der Waals surface area contributed by atoms with Crippen LogP contribution in [0.2, 0.25) is 0 Å². The van der Waals surface area contributed by atoms with E-state index < -0.39 is 0 Å². The minimum Gasteiger partial charge on any atom is -0.103 e. The summed E-state index contributed by atoms with van der Waals surface area (Å²) < 4.78 is 0. The maximum Gasteiger partial charge on any atom is -0.0196 e. The molecule has 114 valence electrons. The molecule has 0 spiro atoms. The van der Waals surface area contributed by atoms with Crippen LogP contribution in [0.1, 0.15) is 44.9 Å². The van der Waals surface area contributed by atoms with Gasteiger partial charge >= 0.3 is 0 Å². The summed E-state index contributed by atoms with van der Waals surface area (Å²) in [7, 11) is 0. The SMILES string of the molecule is C=CCC1CC2C=CC1C2.C=CCCC1CC2C=CC1C2. The van der Waals surface area contributed by atoms with Gasteiger partial charge in [-0.3, -0.25) is 0 Å². The normalized spacial score (nSPS) is 41.1. The zero-order valence-corrected chi connectivity index (χ0v) is 13.3. The van der Waals surface area contributed by atoms with Gasteiger partial charge in [0.1, 0.15) is 0 Å². The molecule has 0 aromatic heterocycles. The fraction of sp³-hybridized carbons (Fsp3) is 0.619. The van der Waals surface area contributed by atoms with Crippen LogP contribution in [-0.4, -0.2) is 0 Å². The van der Waals surface area contributed by atoms with E-state index in [0.717, 1.165) is 35.5 Å². The second-order valence-electron chi connectivity index (χ2n) is 7.47. The van der Waals surface area contributed by atoms with E-state index in [1.807, 2.05) is 0 Å². The molecule has 6 unspecified atom stereocenters. The van der Waals surface area contributed by atoms with Crippen molar-refractivity contribution in [3.8, 4) is 0 Å². The van der Waals surface area contributed by atoms with E-state index in [1.165, 1.54) is 44.9 Å². The Morgan fingerprint density at radius 2 is 1.38 bits per heavy atom. The van der Waals surface area contributed by atoms with Gasteiger partial charge in [0.05, 0.1) is 0 Å². The van der Waals surface area contributed by atoms with Crippen molar-refractivity contribution in [2.45, 2.75) is 44.9 Å². The fourth-order valence-corrected chi connectivity index (χ4v) is 4.94. The van der Waals surface area contributed by atoms with Gasteiger partial charge in [-0.2, -0.15) is 0 Å². The Morgan fingerprint density at radius 3 is 1.81 bits per heavy atom. The van der Waals surface area contributed by atoms with E-state index in [9.17, 15) is 0 Å². The molecule has 0 nitrogen and oxygen atoms in total. The largest absolute Gasteiger partial charge is 0.103 e. The molecule has 0 heteroatoms. The number of hydrogen-bond acceptors (Lipinski definition) is 0. The van der Waals surface area contributed by atoms with Crippen LogP contribution in [0, 0.1) is 35.5 Å². The first kappa shape index (κ1) is 14.9. The van der Waals surface area contributed by atoms with Crippen LogP contribution in [0.5, 0.6) is 0 Å². The maximum atomic E-state index is 3.78. The predicted molar refractivity (Wildman–Crippen MR) is 91.9 cm³/mol. The van der Waals surface area contributed by atoms with E-state index in [1.54, 1.807) is 0 Å². The molecular formula is C21H30. The molecule has 6 atom stereocenters. The van der Waals surface area contributed by atoms with E-state index in [-0.39, 0.29) is 0 Å². The zero-order valence-electron chi connectivity index (χ0n) is 13.3. The molecular weight excluding hydrogens is 252 g/mol. The third-order valence-corrected chi connectivity index (χ3v) is 6.04. The third kappa shape index (κ3) is 3.42. The van der Waals surface area contributed by atoms with E-state index in [2.05, 4.69) is 49.6 Å². The van der Waals surface area contributed by atoms with Crippen molar-refractivity contribution in [3.05, 3.63) is 49.6 Å². The predicted octanol–water partition coefficient (Wildman–Crippen LogP) is 5.94. The highest BCUT2D eigenvalue weighted by molar-refractivity contribution is 5.11. The summed E-state index contributed by atoms with van der Waals surface area (Å²) >= 11 is 0. The van der Waals surface area contributed by atoms with Gasteiger partial charge in [-0.05, 0) is 80.5 Å². The molecule has 21 heavy (non-hydrogen) atoms. The highest BCUT2D eigenvalue weighted by atomic mass is 14.4. The number of rotatable bonds is 5. The van der Waals surface area contributed by atoms with Crippen LogP contribution >= 0.6 is 0 Å². The van der Waals surface area contributed by atoms with Crippen molar-refractivity contribution in [3.63, 3.8) is 0 Å². The summed E-state index contributed by atoms with van der Waals surface area (Å²) in [5.41, 5.74) is 0. The van der Waals surface area contributed by atoms with Gasteiger partial charge in [-0.15, -0.1) is 13.2 Å². The molecule has 0 aromatic rings. The van der Waals surface area contributed by atoms with Crippen LogP contribution in [-0.2, 0) is 0 Å². The van der Waals surface area contributed by atoms with E-state index >= 15 is 0 Å². The first-order valence-electron chi connectivity index (χ1n) is 8.88. The molecule has 4 rings (SSSR count). The van der Waals surface area contributed by atoms with Crippen molar-refractivity contribution in [1.82, 2.24) is 0 Å². The Kier molecular flexibility index (Phi) is 4.83.